The summed E-state index contributed by atoms with van der Waals surface area (Å²) in [6, 6.07) is 9.48. The number of ether oxygens (including phenoxy) is 1. The Bertz CT molecular complexity index is 760. The number of hydrogen-bond donors (Lipinski definition) is 1. The number of hydrogen-bond acceptors (Lipinski definition) is 6. The van der Waals surface area contributed by atoms with Gasteiger partial charge in [-0.3, -0.25) is 9.59 Å². The molecule has 1 amide bonds. The number of amides is 1. The lowest BCUT2D eigenvalue weighted by Crippen LogP contribution is -2.64. The van der Waals surface area contributed by atoms with Gasteiger partial charge in [0.15, 0.2) is 0 Å². The molecule has 1 spiro atoms. The minimum atomic E-state index is -2.07. The fraction of sp³-hybridized carbons (Fsp3) is 0.636. The number of benzene rings is 1. The highest BCUT2D eigenvalue weighted by Gasteiger charge is 2.75. The third-order valence-corrected chi connectivity index (χ3v) is 6.52. The van der Waals surface area contributed by atoms with Gasteiger partial charge < -0.3 is 14.7 Å². The summed E-state index contributed by atoms with van der Waals surface area (Å²) >= 11 is 0. The molecule has 0 aromatic heterocycles. The zero-order valence-electron chi connectivity index (χ0n) is 16.9. The molecule has 1 saturated carbocycles. The van der Waals surface area contributed by atoms with Crippen molar-refractivity contribution in [1.82, 2.24) is 4.90 Å². The summed E-state index contributed by atoms with van der Waals surface area (Å²) in [5, 5.41) is 11.4. The number of nitrogens with zero attached hydrogens (tertiary/aromatic N) is 1. The van der Waals surface area contributed by atoms with Crippen molar-refractivity contribution in [2.24, 2.45) is 5.41 Å². The smallest absolute Gasteiger partial charge is 0.327 e. The van der Waals surface area contributed by atoms with Gasteiger partial charge in [0.05, 0.1) is 13.2 Å². The van der Waals surface area contributed by atoms with Crippen LogP contribution in [-0.2, 0) is 30.6 Å². The molecule has 2 atom stereocenters. The molecule has 2 saturated heterocycles. The summed E-state index contributed by atoms with van der Waals surface area (Å²) < 4.78 is 5.30. The highest BCUT2D eigenvalue weighted by molar-refractivity contribution is 6.06. The molecule has 0 unspecified atom stereocenters. The van der Waals surface area contributed by atoms with E-state index in [4.69, 9.17) is 14.5 Å². The van der Waals surface area contributed by atoms with Gasteiger partial charge in [-0.25, -0.2) is 4.89 Å². The topological polar surface area (TPSA) is 85.3 Å². The quantitative estimate of drug-likeness (QED) is 0.473. The molecule has 1 aromatic rings. The SMILES string of the molecule is CCOC(=O)[C@]12CC3(CCCCCC3)OO[C@@]1(O)CN(Cc1ccccc1)C2=O. The van der Waals surface area contributed by atoms with Gasteiger partial charge in [0.1, 0.15) is 5.60 Å². The normalized spacial score (nSPS) is 31.4. The van der Waals surface area contributed by atoms with Crippen molar-refractivity contribution in [2.45, 2.75) is 69.8 Å². The molecule has 1 N–H and O–H groups in total. The van der Waals surface area contributed by atoms with Crippen molar-refractivity contribution in [3.63, 3.8) is 0 Å². The maximum atomic E-state index is 13.6. The summed E-state index contributed by atoms with van der Waals surface area (Å²) in [6.45, 7) is 1.95. The van der Waals surface area contributed by atoms with Gasteiger partial charge in [-0.15, -0.1) is 0 Å². The molecular weight excluding hydrogens is 374 g/mol. The predicted molar refractivity (Wildman–Crippen MR) is 103 cm³/mol. The standard InChI is InChI=1S/C22H29NO6/c1-2-27-19(25)21-15-20(12-8-3-4-9-13-20)28-29-22(21,26)16-23(18(21)24)14-17-10-6-5-7-11-17/h5-7,10-11,26H,2-4,8-9,12-16H2,1H3/t21-,22+/m1/s1. The van der Waals surface area contributed by atoms with Crippen LogP contribution in [-0.4, -0.2) is 46.4 Å². The van der Waals surface area contributed by atoms with Crippen LogP contribution >= 0.6 is 0 Å². The van der Waals surface area contributed by atoms with Crippen molar-refractivity contribution >= 4 is 11.9 Å². The van der Waals surface area contributed by atoms with Crippen LogP contribution in [0.3, 0.4) is 0 Å². The predicted octanol–water partition coefficient (Wildman–Crippen LogP) is 2.71. The van der Waals surface area contributed by atoms with Crippen LogP contribution in [0.25, 0.3) is 0 Å². The molecule has 7 nitrogen and oxygen atoms in total. The maximum absolute atomic E-state index is 13.6. The maximum Gasteiger partial charge on any atom is 0.327 e. The fourth-order valence-electron chi connectivity index (χ4n) is 5.02. The number of β-amino-alcohol motifs (C(OH)–C–C–N with tert-alkyl or cyclic N) is 1. The first-order valence-electron chi connectivity index (χ1n) is 10.5. The van der Waals surface area contributed by atoms with E-state index in [9.17, 15) is 14.7 Å². The molecule has 4 rings (SSSR count). The lowest BCUT2D eigenvalue weighted by molar-refractivity contribution is -0.502. The Labute approximate surface area is 170 Å². The molecule has 0 bridgehead atoms. The van der Waals surface area contributed by atoms with Crippen LogP contribution < -0.4 is 0 Å². The largest absolute Gasteiger partial charge is 0.465 e. The van der Waals surface area contributed by atoms with Crippen LogP contribution in [0.1, 0.15) is 57.4 Å². The van der Waals surface area contributed by atoms with E-state index in [1.807, 2.05) is 30.3 Å². The summed E-state index contributed by atoms with van der Waals surface area (Å²) in [7, 11) is 0. The molecule has 3 fully saturated rings. The van der Waals surface area contributed by atoms with Crippen molar-refractivity contribution in [3.05, 3.63) is 35.9 Å². The van der Waals surface area contributed by atoms with Crippen LogP contribution in [0.5, 0.6) is 0 Å². The van der Waals surface area contributed by atoms with Gasteiger partial charge in [0, 0.05) is 13.0 Å². The zero-order valence-corrected chi connectivity index (χ0v) is 16.9. The second-order valence-corrected chi connectivity index (χ2v) is 8.50. The Balaban J connectivity index is 1.70. The molecule has 0 radical (unpaired) electrons. The zero-order chi connectivity index (χ0) is 20.5. The van der Waals surface area contributed by atoms with E-state index in [0.717, 1.165) is 31.2 Å². The molecule has 29 heavy (non-hydrogen) atoms. The van der Waals surface area contributed by atoms with E-state index in [1.165, 1.54) is 4.90 Å². The van der Waals surface area contributed by atoms with Gasteiger partial charge in [-0.05, 0) is 25.3 Å². The first-order valence-corrected chi connectivity index (χ1v) is 10.5. The summed E-state index contributed by atoms with van der Waals surface area (Å²) in [6.07, 6.45) is 5.49. The highest BCUT2D eigenvalue weighted by Crippen LogP contribution is 2.55. The Hall–Kier alpha value is -1.96. The molecule has 1 aromatic carbocycles. The molecular formula is C22H29NO6. The number of carbonyl (C=O) groups is 2. The molecule has 158 valence electrons. The second-order valence-electron chi connectivity index (χ2n) is 8.50. The van der Waals surface area contributed by atoms with E-state index < -0.39 is 28.7 Å². The van der Waals surface area contributed by atoms with E-state index >= 15 is 0 Å². The minimum Gasteiger partial charge on any atom is -0.465 e. The number of fused-ring (bicyclic) bond motifs is 1. The van der Waals surface area contributed by atoms with Crippen molar-refractivity contribution < 1.29 is 29.2 Å². The van der Waals surface area contributed by atoms with E-state index in [0.29, 0.717) is 12.8 Å². The number of likely N-dealkylation sites (tertiary alicyclic amines) is 1. The van der Waals surface area contributed by atoms with Gasteiger partial charge in [-0.1, -0.05) is 56.0 Å². The molecule has 2 heterocycles. The molecule has 1 aliphatic carbocycles. The van der Waals surface area contributed by atoms with Gasteiger partial charge in [0.25, 0.3) is 0 Å². The van der Waals surface area contributed by atoms with Crippen LogP contribution in [0.4, 0.5) is 0 Å². The average molecular weight is 403 g/mol. The Morgan fingerprint density at radius 2 is 1.83 bits per heavy atom. The van der Waals surface area contributed by atoms with Crippen molar-refractivity contribution in [2.75, 3.05) is 13.2 Å². The second kappa shape index (κ2) is 7.70. The molecule has 2 aliphatic heterocycles. The average Bonchev–Trinajstić information content (AvgIpc) is 2.85. The van der Waals surface area contributed by atoms with Crippen LogP contribution in [0, 0.1) is 5.41 Å². The van der Waals surface area contributed by atoms with E-state index in [1.54, 1.807) is 6.92 Å². The lowest BCUT2D eigenvalue weighted by Gasteiger charge is -2.47. The van der Waals surface area contributed by atoms with Gasteiger partial charge in [-0.2, -0.15) is 4.89 Å². The Morgan fingerprint density at radius 3 is 2.48 bits per heavy atom. The van der Waals surface area contributed by atoms with Crippen LogP contribution in [0.15, 0.2) is 30.3 Å². The number of esters is 1. The number of rotatable bonds is 4. The molecule has 7 heteroatoms. The summed E-state index contributed by atoms with van der Waals surface area (Å²) in [5.41, 5.74) is -1.65. The molecule has 3 aliphatic rings. The Kier molecular flexibility index (Phi) is 5.40. The Morgan fingerprint density at radius 1 is 1.14 bits per heavy atom. The third-order valence-electron chi connectivity index (χ3n) is 6.52. The van der Waals surface area contributed by atoms with Crippen molar-refractivity contribution in [1.29, 1.82) is 0 Å². The van der Waals surface area contributed by atoms with Crippen LogP contribution in [0.2, 0.25) is 0 Å². The van der Waals surface area contributed by atoms with E-state index in [-0.39, 0.29) is 26.1 Å². The lowest BCUT2D eigenvalue weighted by atomic mass is 9.69. The summed E-state index contributed by atoms with van der Waals surface area (Å²) in [5.74, 6) is -3.24. The van der Waals surface area contributed by atoms with E-state index in [2.05, 4.69) is 0 Å². The number of aliphatic hydroxyl groups is 1. The van der Waals surface area contributed by atoms with Crippen molar-refractivity contribution in [3.8, 4) is 0 Å². The first kappa shape index (κ1) is 20.3. The number of carbonyl (C=O) groups excluding carboxylic acids is 2. The summed E-state index contributed by atoms with van der Waals surface area (Å²) in [4.78, 5) is 39.6. The van der Waals surface area contributed by atoms with Gasteiger partial charge >= 0.3 is 5.97 Å². The highest BCUT2D eigenvalue weighted by atomic mass is 17.2. The first-order chi connectivity index (χ1) is 13.9. The minimum absolute atomic E-state index is 0.0828. The fourth-order valence-corrected chi connectivity index (χ4v) is 5.02. The monoisotopic (exact) mass is 403 g/mol. The van der Waals surface area contributed by atoms with Gasteiger partial charge in [0.2, 0.25) is 17.1 Å². The third kappa shape index (κ3) is 3.35.